The molecule has 0 atom stereocenters. The summed E-state index contributed by atoms with van der Waals surface area (Å²) in [6.07, 6.45) is 3.00. The van der Waals surface area contributed by atoms with Gasteiger partial charge < -0.3 is 4.42 Å². The van der Waals surface area contributed by atoms with Crippen molar-refractivity contribution in [2.75, 3.05) is 0 Å². The second-order valence-electron chi connectivity index (χ2n) is 2.51. The Morgan fingerprint density at radius 3 is 2.54 bits per heavy atom. The van der Waals surface area contributed by atoms with Crippen LogP contribution in [0.15, 0.2) is 41.3 Å². The summed E-state index contributed by atoms with van der Waals surface area (Å²) in [5.74, 6) is 0.699. The number of hydrogen-bond acceptors (Lipinski definition) is 3. The van der Waals surface area contributed by atoms with Gasteiger partial charge in [-0.3, -0.25) is 0 Å². The van der Waals surface area contributed by atoms with Crippen LogP contribution in [0.4, 0.5) is 5.69 Å². The molecule has 62 valence electrons. The third kappa shape index (κ3) is 1.40. The van der Waals surface area contributed by atoms with Gasteiger partial charge in [-0.2, -0.15) is 0 Å². The molecule has 0 unspecified atom stereocenters. The predicted molar refractivity (Wildman–Crippen MR) is 46.7 cm³/mol. The summed E-state index contributed by atoms with van der Waals surface area (Å²) in [4.78, 5) is 6.85. The van der Waals surface area contributed by atoms with Crippen LogP contribution in [-0.4, -0.2) is 4.98 Å². The van der Waals surface area contributed by atoms with E-state index in [1.807, 2.05) is 0 Å². The van der Waals surface area contributed by atoms with Crippen LogP contribution in [0.2, 0.25) is 0 Å². The van der Waals surface area contributed by atoms with E-state index in [0.29, 0.717) is 11.4 Å². The first kappa shape index (κ1) is 7.50. The van der Waals surface area contributed by atoms with Gasteiger partial charge in [0.25, 0.3) is 0 Å². The molecule has 0 aliphatic rings. The highest BCUT2D eigenvalue weighted by Crippen LogP contribution is 2.21. The Kier molecular flexibility index (Phi) is 1.77. The Morgan fingerprint density at radius 1 is 1.23 bits per heavy atom. The van der Waals surface area contributed by atoms with Crippen molar-refractivity contribution in [3.63, 3.8) is 0 Å². The molecule has 2 aromatic rings. The number of benzene rings is 1. The van der Waals surface area contributed by atoms with Crippen LogP contribution in [0.1, 0.15) is 0 Å². The van der Waals surface area contributed by atoms with E-state index in [-0.39, 0.29) is 0 Å². The van der Waals surface area contributed by atoms with Crippen molar-refractivity contribution in [1.29, 1.82) is 5.39 Å². The van der Waals surface area contributed by atoms with Crippen LogP contribution in [0.3, 0.4) is 0 Å². The standard InChI is InChI=1S/C9H6N3O/c10-12-8-3-1-7(2-4-8)9-5-11-6-13-9/h1-6H/q+1. The van der Waals surface area contributed by atoms with E-state index in [1.165, 1.54) is 6.39 Å². The van der Waals surface area contributed by atoms with Gasteiger partial charge in [0.05, 0.1) is 6.20 Å². The molecular weight excluding hydrogens is 166 g/mol. The zero-order chi connectivity index (χ0) is 9.10. The van der Waals surface area contributed by atoms with Gasteiger partial charge >= 0.3 is 5.69 Å². The van der Waals surface area contributed by atoms with Gasteiger partial charge in [-0.05, 0) is 12.1 Å². The maximum absolute atomic E-state index is 8.45. The molecule has 13 heavy (non-hydrogen) atoms. The summed E-state index contributed by atoms with van der Waals surface area (Å²) in [5, 5.41) is 8.45. The minimum atomic E-state index is 0.517. The van der Waals surface area contributed by atoms with E-state index < -0.39 is 0 Å². The normalized spacial score (nSPS) is 9.46. The fourth-order valence-electron chi connectivity index (χ4n) is 1.05. The summed E-state index contributed by atoms with van der Waals surface area (Å²) in [5.41, 5.74) is 1.42. The molecule has 0 aliphatic heterocycles. The van der Waals surface area contributed by atoms with Gasteiger partial charge in [0.2, 0.25) is 5.39 Å². The molecule has 1 aromatic heterocycles. The number of nitrogens with zero attached hydrogens (tertiary/aromatic N) is 3. The Morgan fingerprint density at radius 2 is 2.00 bits per heavy atom. The monoisotopic (exact) mass is 172 g/mol. The second-order valence-corrected chi connectivity index (χ2v) is 2.51. The third-order valence-electron chi connectivity index (χ3n) is 1.70. The minimum Gasteiger partial charge on any atom is -0.444 e. The lowest BCUT2D eigenvalue weighted by Gasteiger charge is -1.90. The Labute approximate surface area is 74.5 Å². The molecule has 1 aromatic carbocycles. The van der Waals surface area contributed by atoms with Gasteiger partial charge in [-0.25, -0.2) is 4.98 Å². The number of aromatic nitrogens is 1. The molecule has 2 rings (SSSR count). The van der Waals surface area contributed by atoms with E-state index in [4.69, 9.17) is 9.81 Å². The summed E-state index contributed by atoms with van der Waals surface area (Å²) < 4.78 is 5.09. The Bertz CT molecular complexity index is 425. The molecule has 4 heteroatoms. The SMILES string of the molecule is N#[N+]c1ccc(-c2cnco2)cc1. The molecule has 0 saturated heterocycles. The molecule has 0 radical (unpaired) electrons. The van der Waals surface area contributed by atoms with E-state index in [9.17, 15) is 0 Å². The zero-order valence-electron chi connectivity index (χ0n) is 6.71. The first-order chi connectivity index (χ1) is 6.40. The molecule has 0 saturated carbocycles. The average Bonchev–Trinajstić information content (AvgIpc) is 2.71. The molecule has 0 bridgehead atoms. The molecule has 0 spiro atoms. The largest absolute Gasteiger partial charge is 0.444 e. The molecule has 1 heterocycles. The lowest BCUT2D eigenvalue weighted by atomic mass is 10.2. The highest BCUT2D eigenvalue weighted by Gasteiger charge is 2.05. The zero-order valence-corrected chi connectivity index (χ0v) is 6.71. The lowest BCUT2D eigenvalue weighted by molar-refractivity contribution is 0.572. The number of hydrogen-bond donors (Lipinski definition) is 0. The van der Waals surface area contributed by atoms with Crippen LogP contribution in [0, 0.1) is 5.39 Å². The van der Waals surface area contributed by atoms with Gasteiger partial charge in [-0.15, -0.1) is 0 Å². The summed E-state index contributed by atoms with van der Waals surface area (Å²) in [7, 11) is 0. The van der Waals surface area contributed by atoms with Crippen molar-refractivity contribution in [3.8, 4) is 11.3 Å². The topological polar surface area (TPSA) is 54.2 Å². The fraction of sp³-hybridized carbons (Fsp3) is 0. The predicted octanol–water partition coefficient (Wildman–Crippen LogP) is 2.83. The maximum Gasteiger partial charge on any atom is 0.385 e. The highest BCUT2D eigenvalue weighted by molar-refractivity contribution is 5.60. The lowest BCUT2D eigenvalue weighted by Crippen LogP contribution is -1.70. The minimum absolute atomic E-state index is 0.517. The van der Waals surface area contributed by atoms with E-state index in [2.05, 4.69) is 9.96 Å². The van der Waals surface area contributed by atoms with Crippen LogP contribution in [0.25, 0.3) is 16.3 Å². The fourth-order valence-corrected chi connectivity index (χ4v) is 1.05. The first-order valence-electron chi connectivity index (χ1n) is 3.74. The summed E-state index contributed by atoms with van der Waals surface area (Å²) >= 11 is 0. The summed E-state index contributed by atoms with van der Waals surface area (Å²) in [6, 6.07) is 6.99. The number of diazo groups is 1. The van der Waals surface area contributed by atoms with Crippen molar-refractivity contribution >= 4 is 5.69 Å². The van der Waals surface area contributed by atoms with Crippen molar-refractivity contribution < 1.29 is 4.42 Å². The number of oxazole rings is 1. The Hall–Kier alpha value is -2.15. The van der Waals surface area contributed by atoms with Gasteiger partial charge in [0.1, 0.15) is 0 Å². The molecule has 0 amide bonds. The van der Waals surface area contributed by atoms with Gasteiger partial charge in [-0.1, -0.05) is 0 Å². The van der Waals surface area contributed by atoms with Crippen LogP contribution in [0.5, 0.6) is 0 Å². The Balaban J connectivity index is 2.40. The van der Waals surface area contributed by atoms with Crippen LogP contribution >= 0.6 is 0 Å². The first-order valence-corrected chi connectivity index (χ1v) is 3.74. The number of rotatable bonds is 1. The van der Waals surface area contributed by atoms with Crippen molar-refractivity contribution in [2.24, 2.45) is 0 Å². The van der Waals surface area contributed by atoms with E-state index in [1.54, 1.807) is 30.5 Å². The molecular formula is C9H6N3O+. The molecule has 0 aliphatic carbocycles. The van der Waals surface area contributed by atoms with Gasteiger partial charge in [0.15, 0.2) is 17.1 Å². The van der Waals surface area contributed by atoms with E-state index in [0.717, 1.165) is 5.56 Å². The third-order valence-corrected chi connectivity index (χ3v) is 1.70. The highest BCUT2D eigenvalue weighted by atomic mass is 16.3. The van der Waals surface area contributed by atoms with Crippen LogP contribution < -0.4 is 0 Å². The second kappa shape index (κ2) is 3.07. The van der Waals surface area contributed by atoms with Crippen LogP contribution in [-0.2, 0) is 0 Å². The smallest absolute Gasteiger partial charge is 0.385 e. The van der Waals surface area contributed by atoms with Gasteiger partial charge in [0, 0.05) is 17.7 Å². The van der Waals surface area contributed by atoms with Crippen molar-refractivity contribution in [3.05, 3.63) is 41.8 Å². The molecule has 4 nitrogen and oxygen atoms in total. The summed E-state index contributed by atoms with van der Waals surface area (Å²) in [6.45, 7) is 0. The molecule has 0 fully saturated rings. The van der Waals surface area contributed by atoms with Crippen molar-refractivity contribution in [1.82, 2.24) is 4.98 Å². The van der Waals surface area contributed by atoms with Crippen molar-refractivity contribution in [2.45, 2.75) is 0 Å². The quantitative estimate of drug-likeness (QED) is 0.621. The average molecular weight is 172 g/mol. The maximum atomic E-state index is 8.45. The molecule has 0 N–H and O–H groups in total. The van der Waals surface area contributed by atoms with E-state index >= 15 is 0 Å².